The number of benzene rings is 9. The van der Waals surface area contributed by atoms with Crippen LogP contribution in [-0.2, 0) is 80.9 Å². The molecule has 14 N–H and O–H groups in total. The van der Waals surface area contributed by atoms with Crippen molar-refractivity contribution in [1.82, 2.24) is 0 Å². The van der Waals surface area contributed by atoms with Crippen LogP contribution in [0.1, 0.15) is 10.4 Å². The Morgan fingerprint density at radius 3 is 1.30 bits per heavy atom. The van der Waals surface area contributed by atoms with Gasteiger partial charge in [-0.1, -0.05) is 24.3 Å². The van der Waals surface area contributed by atoms with Crippen LogP contribution in [0.2, 0.25) is 0 Å². The van der Waals surface area contributed by atoms with E-state index in [-0.39, 0.29) is 28.6 Å². The lowest BCUT2D eigenvalue weighted by Gasteiger charge is -2.15. The fourth-order valence-electron chi connectivity index (χ4n) is 8.98. The number of fused-ring (bicyclic) bond motifs is 4. The number of hydrogen-bond acceptors (Lipinski definition) is 29. The number of rotatable bonds is 17. The third kappa shape index (κ3) is 13.3. The fraction of sp³-hybridized carbons (Fsp3) is 0. The smallest absolute Gasteiger partial charge is 0.338 e. The van der Waals surface area contributed by atoms with Crippen molar-refractivity contribution in [3.63, 3.8) is 0 Å². The van der Waals surface area contributed by atoms with Crippen molar-refractivity contribution >= 4 is 181 Å². The van der Waals surface area contributed by atoms with E-state index in [2.05, 4.69) is 40.9 Å². The summed E-state index contributed by atoms with van der Waals surface area (Å²) >= 11 is 0. The van der Waals surface area contributed by atoms with E-state index in [0.717, 1.165) is 12.1 Å². The summed E-state index contributed by atoms with van der Waals surface area (Å²) in [6, 6.07) is 12.3. The average molecular weight is 1440 g/mol. The number of carboxylic acid groups (broad SMARTS) is 1. The van der Waals surface area contributed by atoms with Crippen LogP contribution in [0.3, 0.4) is 0 Å². The summed E-state index contributed by atoms with van der Waals surface area (Å²) < 4.78 is 284. The molecule has 0 radical (unpaired) electrons. The number of nitrogens with zero attached hydrogens (tertiary/aromatic N) is 8. The molecule has 0 aliphatic rings. The van der Waals surface area contributed by atoms with E-state index in [1.165, 1.54) is 24.3 Å². The molecule has 46 heteroatoms. The molecular formula is C47H31N9O29S8. The van der Waals surface area contributed by atoms with Crippen LogP contribution in [0, 0.1) is 0 Å². The highest BCUT2D eigenvalue weighted by Crippen LogP contribution is 2.51. The van der Waals surface area contributed by atoms with Crippen LogP contribution in [0.15, 0.2) is 183 Å². The van der Waals surface area contributed by atoms with E-state index < -0.39 is 227 Å². The first kappa shape index (κ1) is 67.8. The second kappa shape index (κ2) is 23.2. The molecule has 486 valence electrons. The molecule has 0 atom stereocenters. The van der Waals surface area contributed by atoms with Gasteiger partial charge in [0.1, 0.15) is 74.1 Å². The molecule has 0 aromatic heterocycles. The second-order valence-electron chi connectivity index (χ2n) is 18.7. The number of phenolic OH excluding ortho intramolecular Hbond substituents is 3. The maximum absolute atomic E-state index is 13.1. The Labute approximate surface area is 518 Å². The molecule has 0 heterocycles. The van der Waals surface area contributed by atoms with Crippen molar-refractivity contribution in [2.24, 2.45) is 40.9 Å². The average Bonchev–Trinajstić information content (AvgIpc) is 0.749. The number of aromatic hydroxyl groups is 3. The van der Waals surface area contributed by atoms with Gasteiger partial charge in [0.2, 0.25) is 0 Å². The quantitative estimate of drug-likeness (QED) is 0.0231. The third-order valence-corrected chi connectivity index (χ3v) is 20.0. The van der Waals surface area contributed by atoms with E-state index in [0.29, 0.717) is 54.6 Å². The maximum Gasteiger partial charge on any atom is 0.338 e. The molecule has 9 aromatic rings. The zero-order chi connectivity index (χ0) is 69.0. The number of nitrogens with two attached hydrogens (primary N) is 1. The van der Waals surface area contributed by atoms with Gasteiger partial charge in [0.05, 0.1) is 27.2 Å². The number of phenols is 3. The Balaban J connectivity index is 1.22. The first-order valence-electron chi connectivity index (χ1n) is 23.8. The van der Waals surface area contributed by atoms with Crippen LogP contribution in [0.25, 0.3) is 43.1 Å². The molecule has 0 spiro atoms. The standard InChI is InChI=1S/C47H31N9O29S8/c48-39-31(53-52-30-14-23-18(11-34(30)89(71,72)73)12-35(90(74,75)76)40(44(23)58)54-49-27-9-10-32(87(65,66)67)21-4-2-1-3-20(21)27)17-33(88(68,69)70)26-16-37(92(80,81)82)42(45(59)38(26)39)56-51-29-8-6-22-24(46(29)93(83,84)85)15-36(91(77,78)79)41(43(22)57)55-50-28-7-5-19(86(62,63)64)13-25(28)47(60)61/h1-17,57-59H,48H2,(H,60,61)(H,62,63,64)(H,65,66,67)(H,68,69,70)(H,71,72,73)(H,74,75,76)(H,77,78,79)(H,80,81,82)(H,83,84,85). The van der Waals surface area contributed by atoms with Crippen LogP contribution < -0.4 is 5.73 Å². The lowest BCUT2D eigenvalue weighted by molar-refractivity contribution is 0.0697. The van der Waals surface area contributed by atoms with E-state index in [9.17, 15) is 129 Å². The fourth-order valence-corrected chi connectivity index (χ4v) is 14.3. The highest BCUT2D eigenvalue weighted by molar-refractivity contribution is 7.88. The number of aromatic carboxylic acids is 1. The Kier molecular flexibility index (Phi) is 16.9. The highest BCUT2D eigenvalue weighted by atomic mass is 32.2. The predicted molar refractivity (Wildman–Crippen MR) is 314 cm³/mol. The summed E-state index contributed by atoms with van der Waals surface area (Å²) in [4.78, 5) is 1.51. The Hall–Kier alpha value is -9.63. The van der Waals surface area contributed by atoms with E-state index >= 15 is 0 Å². The highest BCUT2D eigenvalue weighted by Gasteiger charge is 2.33. The number of anilines is 1. The summed E-state index contributed by atoms with van der Waals surface area (Å²) in [5.74, 6) is -6.28. The minimum Gasteiger partial charge on any atom is -0.505 e. The summed E-state index contributed by atoms with van der Waals surface area (Å²) in [6.45, 7) is 0. The number of hydrogen-bond donors (Lipinski definition) is 13. The molecule has 0 unspecified atom stereocenters. The third-order valence-electron chi connectivity index (χ3n) is 12.9. The predicted octanol–water partition coefficient (Wildman–Crippen LogP) is 8.33. The monoisotopic (exact) mass is 1440 g/mol. The van der Waals surface area contributed by atoms with Crippen molar-refractivity contribution in [3.8, 4) is 17.2 Å². The van der Waals surface area contributed by atoms with Gasteiger partial charge in [0.15, 0.2) is 17.2 Å². The Bertz CT molecular complexity index is 6010. The van der Waals surface area contributed by atoms with Gasteiger partial charge in [-0.05, 0) is 84.2 Å². The topological polar surface area (TPSA) is 658 Å². The van der Waals surface area contributed by atoms with Gasteiger partial charge in [-0.15, -0.1) is 40.9 Å². The van der Waals surface area contributed by atoms with Gasteiger partial charge in [-0.3, -0.25) is 36.4 Å². The SMILES string of the molecule is Nc1c(N=Nc2cc3c(O)c(N=Nc4ccc(S(=O)(=O)O)c5ccccc45)c(S(=O)(=O)O)cc3cc2S(=O)(=O)O)cc(S(=O)(=O)O)c2cc(S(=O)(=O)O)c(N=Nc3ccc4c(O)c(N=Nc5ccc(S(=O)(=O)O)cc5C(=O)O)c(S(=O)(=O)O)cc4c3S(=O)(=O)O)c(O)c12. The van der Waals surface area contributed by atoms with Gasteiger partial charge in [0, 0.05) is 32.3 Å². The minimum atomic E-state index is -5.88. The summed E-state index contributed by atoms with van der Waals surface area (Å²) in [6.07, 6.45) is 0. The molecule has 0 aliphatic carbocycles. The van der Waals surface area contributed by atoms with E-state index in [4.69, 9.17) is 5.73 Å². The lowest BCUT2D eigenvalue weighted by atomic mass is 10.0. The van der Waals surface area contributed by atoms with Gasteiger partial charge in [0.25, 0.3) is 80.9 Å². The first-order valence-corrected chi connectivity index (χ1v) is 35.4. The molecule has 38 nitrogen and oxygen atoms in total. The van der Waals surface area contributed by atoms with Crippen LogP contribution in [0.4, 0.5) is 51.2 Å². The zero-order valence-electron chi connectivity index (χ0n) is 44.5. The number of carboxylic acids is 1. The molecule has 0 amide bonds. The normalized spacial score (nSPS) is 13.5. The van der Waals surface area contributed by atoms with Gasteiger partial charge in [-0.25, -0.2) is 4.79 Å². The van der Waals surface area contributed by atoms with Crippen LogP contribution >= 0.6 is 0 Å². The van der Waals surface area contributed by atoms with Crippen molar-refractivity contribution in [2.75, 3.05) is 5.73 Å². The molecule has 9 aromatic carbocycles. The zero-order valence-corrected chi connectivity index (χ0v) is 51.1. The maximum atomic E-state index is 13.1. The van der Waals surface area contributed by atoms with Crippen molar-refractivity contribution in [3.05, 3.63) is 109 Å². The summed E-state index contributed by atoms with van der Waals surface area (Å²) in [5, 5.41) is 67.5. The molecule has 0 fully saturated rings. The first-order chi connectivity index (χ1) is 42.7. The molecule has 9 rings (SSSR count). The Morgan fingerprint density at radius 1 is 0.333 bits per heavy atom. The van der Waals surface area contributed by atoms with E-state index in [1.54, 1.807) is 0 Å². The summed E-state index contributed by atoms with van der Waals surface area (Å²) in [7, 11) is -44.2. The molecule has 0 saturated carbocycles. The van der Waals surface area contributed by atoms with Crippen molar-refractivity contribution < 1.29 is 129 Å². The van der Waals surface area contributed by atoms with Gasteiger partial charge in [-0.2, -0.15) is 67.3 Å². The van der Waals surface area contributed by atoms with Gasteiger partial charge >= 0.3 is 5.97 Å². The largest absolute Gasteiger partial charge is 0.505 e. The van der Waals surface area contributed by atoms with Crippen molar-refractivity contribution in [2.45, 2.75) is 39.2 Å². The van der Waals surface area contributed by atoms with E-state index in [1.807, 2.05) is 0 Å². The second-order valence-corrected chi connectivity index (χ2v) is 29.8. The number of nitrogen functional groups attached to an aromatic ring is 1. The van der Waals surface area contributed by atoms with Crippen LogP contribution in [0.5, 0.6) is 17.2 Å². The Morgan fingerprint density at radius 2 is 0.774 bits per heavy atom. The minimum absolute atomic E-state index is 0.0271. The van der Waals surface area contributed by atoms with Crippen molar-refractivity contribution in [1.29, 1.82) is 0 Å². The van der Waals surface area contributed by atoms with Crippen LogP contribution in [-0.4, -0.2) is 130 Å². The summed E-state index contributed by atoms with van der Waals surface area (Å²) in [5.41, 5.74) is -4.09. The molecular weight excluding hydrogens is 1410 g/mol. The molecule has 0 bridgehead atoms. The molecule has 0 saturated heterocycles. The molecule has 93 heavy (non-hydrogen) atoms. The number of carbonyl (C=O) groups is 1. The van der Waals surface area contributed by atoms with Gasteiger partial charge < -0.3 is 26.2 Å². The lowest BCUT2D eigenvalue weighted by Crippen LogP contribution is -2.04. The molecule has 0 aliphatic heterocycles. The number of azo groups is 4.